The summed E-state index contributed by atoms with van der Waals surface area (Å²) in [5, 5.41) is 8.77. The number of carbonyl (C=O) groups is 1. The summed E-state index contributed by atoms with van der Waals surface area (Å²) in [4.78, 5) is 12.3. The first-order chi connectivity index (χ1) is 9.51. The van der Waals surface area contributed by atoms with Gasteiger partial charge in [-0.2, -0.15) is 5.26 Å². The number of rotatable bonds is 8. The van der Waals surface area contributed by atoms with Crippen LogP contribution >= 0.6 is 8.07 Å². The molecule has 0 aliphatic carbocycles. The third-order valence-corrected chi connectivity index (χ3v) is 6.43. The highest BCUT2D eigenvalue weighted by Crippen LogP contribution is 2.48. The fourth-order valence-electron chi connectivity index (χ4n) is 2.42. The monoisotopic (exact) mass is 314 g/mol. The summed E-state index contributed by atoms with van der Waals surface area (Å²) >= 11 is 0. The lowest BCUT2D eigenvalue weighted by Gasteiger charge is -2.40. The molecule has 122 valence electrons. The van der Waals surface area contributed by atoms with Gasteiger partial charge in [-0.15, -0.1) is 0 Å². The Morgan fingerprint density at radius 1 is 1.19 bits per heavy atom. The number of hydrogen-bond donors (Lipinski definition) is 0. The van der Waals surface area contributed by atoms with E-state index in [0.717, 1.165) is 0 Å². The number of esters is 1. The van der Waals surface area contributed by atoms with Crippen LogP contribution in [0.3, 0.4) is 0 Å². The van der Waals surface area contributed by atoms with Gasteiger partial charge < -0.3 is 4.74 Å². The minimum Gasteiger partial charge on any atom is -0.458 e. The van der Waals surface area contributed by atoms with Gasteiger partial charge in [0.25, 0.3) is 0 Å². The maximum absolute atomic E-state index is 12.3. The second-order valence-corrected chi connectivity index (χ2v) is 9.52. The molecule has 0 amide bonds. The molecule has 0 N–H and O–H groups in total. The van der Waals surface area contributed by atoms with E-state index in [0.29, 0.717) is 23.9 Å². The first-order valence-corrected chi connectivity index (χ1v) is 9.20. The molecule has 21 heavy (non-hydrogen) atoms. The zero-order chi connectivity index (χ0) is 16.8. The molecule has 0 saturated carbocycles. The maximum Gasteiger partial charge on any atom is 0.311 e. The highest BCUT2D eigenvalue weighted by atomic mass is 31.1. The Morgan fingerprint density at radius 2 is 1.67 bits per heavy atom. The van der Waals surface area contributed by atoms with Gasteiger partial charge in [-0.1, -0.05) is 13.8 Å². The lowest BCUT2D eigenvalue weighted by Crippen LogP contribution is -2.37. The number of nitrogens with zero attached hydrogens (tertiary/aromatic N) is 2. The van der Waals surface area contributed by atoms with Crippen LogP contribution in [0.15, 0.2) is 0 Å². The van der Waals surface area contributed by atoms with Crippen LogP contribution in [-0.2, 0) is 9.53 Å². The molecule has 0 aliphatic rings. The largest absolute Gasteiger partial charge is 0.458 e. The first kappa shape index (κ1) is 20.3. The van der Waals surface area contributed by atoms with Crippen molar-refractivity contribution in [3.63, 3.8) is 0 Å². The van der Waals surface area contributed by atoms with Crippen LogP contribution in [0.5, 0.6) is 0 Å². The summed E-state index contributed by atoms with van der Waals surface area (Å²) in [6.45, 7) is 16.6. The molecular weight excluding hydrogens is 283 g/mol. The number of ether oxygens (including phenoxy) is 1. The standard InChI is InChI=1S/C16H31N2O2P/c1-12(2)18(13(3)4)21(14(5)6)11-15(19)20-16(7,8)9-10-17/h12-14H,9,11H2,1-8H3. The second-order valence-electron chi connectivity index (χ2n) is 6.83. The highest BCUT2D eigenvalue weighted by Gasteiger charge is 2.31. The van der Waals surface area contributed by atoms with Crippen LogP contribution in [-0.4, -0.2) is 40.1 Å². The van der Waals surface area contributed by atoms with Gasteiger partial charge in [-0.05, 0) is 55.3 Å². The Morgan fingerprint density at radius 3 is 2.00 bits per heavy atom. The molecule has 0 bridgehead atoms. The minimum absolute atomic E-state index is 0.193. The fourth-order valence-corrected chi connectivity index (χ4v) is 5.00. The van der Waals surface area contributed by atoms with E-state index < -0.39 is 13.7 Å². The molecule has 0 aromatic carbocycles. The molecule has 0 aliphatic heterocycles. The zero-order valence-corrected chi connectivity index (χ0v) is 15.7. The molecule has 0 saturated heterocycles. The molecule has 0 aromatic heterocycles. The summed E-state index contributed by atoms with van der Waals surface area (Å²) in [6, 6.07) is 2.87. The molecule has 4 nitrogen and oxygen atoms in total. The first-order valence-electron chi connectivity index (χ1n) is 7.65. The van der Waals surface area contributed by atoms with Crippen molar-refractivity contribution in [1.82, 2.24) is 4.67 Å². The third-order valence-electron chi connectivity index (χ3n) is 3.14. The molecule has 0 radical (unpaired) electrons. The van der Waals surface area contributed by atoms with Gasteiger partial charge in [-0.3, -0.25) is 9.46 Å². The average Bonchev–Trinajstić information content (AvgIpc) is 2.25. The van der Waals surface area contributed by atoms with E-state index in [1.165, 1.54) is 0 Å². The molecule has 1 atom stereocenters. The summed E-state index contributed by atoms with van der Waals surface area (Å²) < 4.78 is 7.93. The van der Waals surface area contributed by atoms with Crippen molar-refractivity contribution in [2.75, 3.05) is 6.16 Å². The smallest absolute Gasteiger partial charge is 0.311 e. The van der Waals surface area contributed by atoms with Crippen LogP contribution < -0.4 is 0 Å². The molecule has 0 aromatic rings. The molecule has 0 rings (SSSR count). The minimum atomic E-state index is -0.704. The fraction of sp³-hybridized carbons (Fsp3) is 0.875. The van der Waals surface area contributed by atoms with Crippen LogP contribution in [0.2, 0.25) is 0 Å². The second kappa shape index (κ2) is 8.71. The van der Waals surface area contributed by atoms with E-state index in [1.54, 1.807) is 13.8 Å². The zero-order valence-electron chi connectivity index (χ0n) is 14.8. The molecule has 0 fully saturated rings. The van der Waals surface area contributed by atoms with E-state index in [9.17, 15) is 4.79 Å². The summed E-state index contributed by atoms with van der Waals surface area (Å²) in [6.07, 6.45) is 0.647. The Kier molecular flexibility index (Phi) is 8.44. The van der Waals surface area contributed by atoms with Gasteiger partial charge in [0.15, 0.2) is 0 Å². The lowest BCUT2D eigenvalue weighted by molar-refractivity contribution is -0.152. The van der Waals surface area contributed by atoms with Crippen molar-refractivity contribution in [3.8, 4) is 6.07 Å². The van der Waals surface area contributed by atoms with Crippen molar-refractivity contribution in [1.29, 1.82) is 5.26 Å². The van der Waals surface area contributed by atoms with Gasteiger partial charge in [-0.25, -0.2) is 0 Å². The Labute approximate surface area is 131 Å². The van der Waals surface area contributed by atoms with Crippen molar-refractivity contribution in [3.05, 3.63) is 0 Å². The Balaban J connectivity index is 4.94. The van der Waals surface area contributed by atoms with Gasteiger partial charge in [0.1, 0.15) is 5.60 Å². The number of hydrogen-bond acceptors (Lipinski definition) is 4. The quantitative estimate of drug-likeness (QED) is 0.499. The van der Waals surface area contributed by atoms with Crippen LogP contribution in [0.25, 0.3) is 0 Å². The number of nitriles is 1. The molecule has 1 unspecified atom stereocenters. The van der Waals surface area contributed by atoms with Crippen molar-refractivity contribution in [2.24, 2.45) is 0 Å². The van der Waals surface area contributed by atoms with Gasteiger partial charge in [0, 0.05) is 12.1 Å². The summed E-state index contributed by atoms with van der Waals surface area (Å²) in [5.74, 6) is -0.193. The summed E-state index contributed by atoms with van der Waals surface area (Å²) in [5.41, 5.74) is -0.277. The SMILES string of the molecule is CC(C)N(C(C)C)P(CC(=O)OC(C)(C)CC#N)C(C)C. The summed E-state index contributed by atoms with van der Waals surface area (Å²) in [7, 11) is -0.588. The Bertz CT molecular complexity index is 365. The maximum atomic E-state index is 12.3. The highest BCUT2D eigenvalue weighted by molar-refractivity contribution is 7.56. The van der Waals surface area contributed by atoms with E-state index in [1.807, 2.05) is 0 Å². The predicted molar refractivity (Wildman–Crippen MR) is 89.4 cm³/mol. The van der Waals surface area contributed by atoms with Crippen LogP contribution in [0.1, 0.15) is 61.8 Å². The molecule has 0 spiro atoms. The number of carbonyl (C=O) groups excluding carboxylic acids is 1. The van der Waals surface area contributed by atoms with E-state index in [-0.39, 0.29) is 12.4 Å². The predicted octanol–water partition coefficient (Wildman–Crippen LogP) is 4.15. The van der Waals surface area contributed by atoms with E-state index >= 15 is 0 Å². The van der Waals surface area contributed by atoms with Crippen molar-refractivity contribution < 1.29 is 9.53 Å². The molecule has 5 heteroatoms. The van der Waals surface area contributed by atoms with Gasteiger partial charge >= 0.3 is 5.97 Å². The average molecular weight is 314 g/mol. The van der Waals surface area contributed by atoms with E-state index in [2.05, 4.69) is 52.3 Å². The third kappa shape index (κ3) is 7.25. The van der Waals surface area contributed by atoms with Gasteiger partial charge in [0.2, 0.25) is 0 Å². The van der Waals surface area contributed by atoms with Crippen LogP contribution in [0, 0.1) is 11.3 Å². The van der Waals surface area contributed by atoms with E-state index in [4.69, 9.17) is 10.00 Å². The normalized spacial score (nSPS) is 13.9. The van der Waals surface area contributed by atoms with Crippen LogP contribution in [0.4, 0.5) is 0 Å². The van der Waals surface area contributed by atoms with Crippen molar-refractivity contribution in [2.45, 2.75) is 85.2 Å². The van der Waals surface area contributed by atoms with Crippen molar-refractivity contribution >= 4 is 14.0 Å². The van der Waals surface area contributed by atoms with Gasteiger partial charge in [0.05, 0.1) is 18.7 Å². The molecule has 0 heterocycles. The topological polar surface area (TPSA) is 53.3 Å². The lowest BCUT2D eigenvalue weighted by atomic mass is 10.1. The molecular formula is C16H31N2O2P. The Hall–Kier alpha value is -0.650.